The Balaban J connectivity index is 1.51. The van der Waals surface area contributed by atoms with Gasteiger partial charge >= 0.3 is 0 Å². The van der Waals surface area contributed by atoms with E-state index >= 15 is 0 Å². The first kappa shape index (κ1) is 21.5. The van der Waals surface area contributed by atoms with E-state index in [9.17, 15) is 5.11 Å². The van der Waals surface area contributed by atoms with Gasteiger partial charge in [-0.1, -0.05) is 17.7 Å². The minimum absolute atomic E-state index is 0.0604. The van der Waals surface area contributed by atoms with E-state index in [-0.39, 0.29) is 29.8 Å². The third-order valence-electron chi connectivity index (χ3n) is 6.04. The maximum Gasteiger partial charge on any atom is 0.161 e. The largest absolute Gasteiger partial charge is 0.504 e. The van der Waals surface area contributed by atoms with Crippen molar-refractivity contribution >= 4 is 0 Å². The van der Waals surface area contributed by atoms with Gasteiger partial charge in [-0.3, -0.25) is 0 Å². The van der Waals surface area contributed by atoms with Gasteiger partial charge in [0.25, 0.3) is 0 Å². The van der Waals surface area contributed by atoms with E-state index in [4.69, 9.17) is 23.7 Å². The average Bonchev–Trinajstić information content (AvgIpc) is 3.36. The van der Waals surface area contributed by atoms with Crippen molar-refractivity contribution in [2.75, 3.05) is 34.0 Å². The van der Waals surface area contributed by atoms with Crippen molar-refractivity contribution in [1.29, 1.82) is 0 Å². The highest BCUT2D eigenvalue weighted by atomic mass is 16.5. The van der Waals surface area contributed by atoms with Crippen LogP contribution in [0.15, 0.2) is 48.0 Å². The van der Waals surface area contributed by atoms with E-state index in [1.165, 1.54) is 5.57 Å². The number of methoxy groups -OCH3 is 2. The van der Waals surface area contributed by atoms with Gasteiger partial charge in [0.05, 0.1) is 39.6 Å². The molecule has 6 nitrogen and oxygen atoms in total. The molecule has 2 aromatic carbocycles. The standard InChI is InChI=1S/C25H30O6/c1-15(2)9-10-29-21-8-6-17(12-23(21)28-4)25-19-14-30-24(18(19)13-31-25)16-5-7-20(26)22(11-16)27-3/h5-9,11-12,18-19,24-26H,10,13-14H2,1-4H3. The van der Waals surface area contributed by atoms with Gasteiger partial charge in [0.2, 0.25) is 0 Å². The highest BCUT2D eigenvalue weighted by Gasteiger charge is 2.48. The molecule has 4 rings (SSSR count). The van der Waals surface area contributed by atoms with Gasteiger partial charge < -0.3 is 28.8 Å². The van der Waals surface area contributed by atoms with E-state index in [0.29, 0.717) is 31.3 Å². The number of fused-ring (bicyclic) bond motifs is 1. The zero-order chi connectivity index (χ0) is 22.0. The molecule has 2 aromatic rings. The first-order valence-electron chi connectivity index (χ1n) is 10.6. The van der Waals surface area contributed by atoms with Crippen molar-refractivity contribution < 1.29 is 28.8 Å². The van der Waals surface area contributed by atoms with Crippen molar-refractivity contribution in [3.8, 4) is 23.0 Å². The molecule has 1 N–H and O–H groups in total. The summed E-state index contributed by atoms with van der Waals surface area (Å²) in [5, 5.41) is 9.89. The van der Waals surface area contributed by atoms with Crippen LogP contribution in [-0.2, 0) is 9.47 Å². The summed E-state index contributed by atoms with van der Waals surface area (Å²) in [6, 6.07) is 11.4. The zero-order valence-electron chi connectivity index (χ0n) is 18.5. The molecular weight excluding hydrogens is 396 g/mol. The first-order valence-corrected chi connectivity index (χ1v) is 10.6. The summed E-state index contributed by atoms with van der Waals surface area (Å²) in [6.07, 6.45) is 1.89. The summed E-state index contributed by atoms with van der Waals surface area (Å²) in [6.45, 7) is 5.83. The van der Waals surface area contributed by atoms with Crippen LogP contribution < -0.4 is 14.2 Å². The second-order valence-electron chi connectivity index (χ2n) is 8.27. The summed E-state index contributed by atoms with van der Waals surface area (Å²) < 4.78 is 29.1. The third kappa shape index (κ3) is 4.36. The Hall–Kier alpha value is -2.70. The third-order valence-corrected chi connectivity index (χ3v) is 6.04. The quantitative estimate of drug-likeness (QED) is 0.640. The van der Waals surface area contributed by atoms with Crippen LogP contribution in [-0.4, -0.2) is 39.1 Å². The van der Waals surface area contributed by atoms with E-state index in [1.54, 1.807) is 20.3 Å². The van der Waals surface area contributed by atoms with Crippen molar-refractivity contribution in [2.45, 2.75) is 26.1 Å². The number of hydrogen-bond donors (Lipinski definition) is 1. The van der Waals surface area contributed by atoms with Crippen molar-refractivity contribution in [1.82, 2.24) is 0 Å². The molecule has 31 heavy (non-hydrogen) atoms. The molecule has 0 radical (unpaired) electrons. The number of phenolic OH excluding ortho intramolecular Hbond substituents is 1. The molecule has 2 fully saturated rings. The number of phenols is 1. The summed E-state index contributed by atoms with van der Waals surface area (Å²) >= 11 is 0. The molecule has 0 spiro atoms. The number of aromatic hydroxyl groups is 1. The maximum absolute atomic E-state index is 9.89. The Morgan fingerprint density at radius 3 is 2.06 bits per heavy atom. The van der Waals surface area contributed by atoms with Crippen molar-refractivity contribution in [2.24, 2.45) is 11.8 Å². The summed E-state index contributed by atoms with van der Waals surface area (Å²) in [5.74, 6) is 2.47. The van der Waals surface area contributed by atoms with Gasteiger partial charge in [-0.25, -0.2) is 0 Å². The van der Waals surface area contributed by atoms with Crippen LogP contribution in [0, 0.1) is 11.8 Å². The minimum Gasteiger partial charge on any atom is -0.504 e. The fraction of sp³-hybridized carbons (Fsp3) is 0.440. The molecule has 0 bridgehead atoms. The Bertz CT molecular complexity index is 949. The number of benzene rings is 2. The molecule has 2 aliphatic heterocycles. The van der Waals surface area contributed by atoms with E-state index in [2.05, 4.69) is 0 Å². The van der Waals surface area contributed by atoms with Crippen LogP contribution in [0.25, 0.3) is 0 Å². The van der Waals surface area contributed by atoms with Crippen molar-refractivity contribution in [3.63, 3.8) is 0 Å². The van der Waals surface area contributed by atoms with Gasteiger partial charge in [-0.2, -0.15) is 0 Å². The van der Waals surface area contributed by atoms with Gasteiger partial charge in [-0.05, 0) is 55.3 Å². The predicted octanol–water partition coefficient (Wildman–Crippen LogP) is 4.83. The molecule has 0 aromatic heterocycles. The Labute approximate surface area is 183 Å². The number of hydrogen-bond acceptors (Lipinski definition) is 6. The van der Waals surface area contributed by atoms with Crippen LogP contribution in [0.5, 0.6) is 23.0 Å². The Morgan fingerprint density at radius 2 is 1.48 bits per heavy atom. The summed E-state index contributed by atoms with van der Waals surface area (Å²) in [5.41, 5.74) is 3.27. The van der Waals surface area contributed by atoms with Crippen LogP contribution in [0.4, 0.5) is 0 Å². The topological polar surface area (TPSA) is 66.4 Å². The molecular formula is C25H30O6. The van der Waals surface area contributed by atoms with Crippen molar-refractivity contribution in [3.05, 3.63) is 59.2 Å². The van der Waals surface area contributed by atoms with Gasteiger partial charge in [0.1, 0.15) is 6.61 Å². The molecule has 2 aliphatic rings. The molecule has 0 saturated carbocycles. The monoisotopic (exact) mass is 426 g/mol. The predicted molar refractivity (Wildman–Crippen MR) is 117 cm³/mol. The minimum atomic E-state index is -0.0851. The van der Waals surface area contributed by atoms with Crippen LogP contribution >= 0.6 is 0 Å². The van der Waals surface area contributed by atoms with Crippen LogP contribution in [0.3, 0.4) is 0 Å². The number of allylic oxidation sites excluding steroid dienone is 1. The maximum atomic E-state index is 9.89. The lowest BCUT2D eigenvalue weighted by Crippen LogP contribution is -2.14. The number of rotatable bonds is 7. The smallest absolute Gasteiger partial charge is 0.161 e. The summed E-state index contributed by atoms with van der Waals surface area (Å²) in [7, 11) is 3.20. The van der Waals surface area contributed by atoms with E-state index in [0.717, 1.165) is 16.9 Å². The molecule has 0 amide bonds. The normalized spacial score (nSPS) is 24.5. The molecule has 6 heteroatoms. The molecule has 4 atom stereocenters. The summed E-state index contributed by atoms with van der Waals surface area (Å²) in [4.78, 5) is 0. The van der Waals surface area contributed by atoms with E-state index < -0.39 is 0 Å². The van der Waals surface area contributed by atoms with Crippen LogP contribution in [0.1, 0.15) is 37.2 Å². The Kier molecular flexibility index (Phi) is 6.39. The highest BCUT2D eigenvalue weighted by Crippen LogP contribution is 2.51. The molecule has 0 aliphatic carbocycles. The second kappa shape index (κ2) is 9.20. The molecule has 2 heterocycles. The number of ether oxygens (including phenoxy) is 5. The Morgan fingerprint density at radius 1 is 0.903 bits per heavy atom. The molecule has 166 valence electrons. The lowest BCUT2D eigenvalue weighted by Gasteiger charge is -2.19. The van der Waals surface area contributed by atoms with Gasteiger partial charge in [0, 0.05) is 11.8 Å². The lowest BCUT2D eigenvalue weighted by molar-refractivity contribution is 0.0191. The van der Waals surface area contributed by atoms with Gasteiger partial charge in [-0.15, -0.1) is 0 Å². The van der Waals surface area contributed by atoms with E-state index in [1.807, 2.05) is 50.3 Å². The van der Waals surface area contributed by atoms with Gasteiger partial charge in [0.15, 0.2) is 23.0 Å². The zero-order valence-corrected chi connectivity index (χ0v) is 18.5. The van der Waals surface area contributed by atoms with Crippen LogP contribution in [0.2, 0.25) is 0 Å². The highest BCUT2D eigenvalue weighted by molar-refractivity contribution is 5.45. The SMILES string of the molecule is COc1cc(C2OCC3C(c4ccc(OCC=C(C)C)c(OC)c4)OCC23)ccc1O. The second-order valence-corrected chi connectivity index (χ2v) is 8.27. The molecule has 4 unspecified atom stereocenters. The average molecular weight is 427 g/mol. The lowest BCUT2D eigenvalue weighted by atomic mass is 9.85. The fourth-order valence-electron chi connectivity index (χ4n) is 4.38. The first-order chi connectivity index (χ1) is 15.0. The fourth-order valence-corrected chi connectivity index (χ4v) is 4.38. The molecule has 2 saturated heterocycles.